The monoisotopic (exact) mass is 209 g/mol. The molecule has 2 atom stereocenters. The van der Waals surface area contributed by atoms with Crippen molar-refractivity contribution >= 4 is 6.01 Å². The number of nitrogens with one attached hydrogen (secondary N) is 1. The van der Waals surface area contributed by atoms with Gasteiger partial charge in [-0.3, -0.25) is 0 Å². The van der Waals surface area contributed by atoms with Crippen LogP contribution in [-0.4, -0.2) is 16.7 Å². The lowest BCUT2D eigenvalue weighted by molar-refractivity contribution is 0.324. The number of nitrogens with zero attached hydrogens (tertiary/aromatic N) is 2. The maximum atomic E-state index is 5.12. The molecule has 0 aliphatic heterocycles. The molecule has 1 heterocycles. The first-order valence-electron chi connectivity index (χ1n) is 5.87. The summed E-state index contributed by atoms with van der Waals surface area (Å²) in [6.07, 6.45) is 5.03. The van der Waals surface area contributed by atoms with Gasteiger partial charge < -0.3 is 9.84 Å². The highest BCUT2D eigenvalue weighted by Gasteiger charge is 2.24. The Kier molecular flexibility index (Phi) is 3.23. The van der Waals surface area contributed by atoms with Crippen molar-refractivity contribution in [1.29, 1.82) is 0 Å². The first kappa shape index (κ1) is 10.5. The molecule has 1 aromatic rings. The van der Waals surface area contributed by atoms with Gasteiger partial charge in [-0.15, -0.1) is 0 Å². The first-order chi connectivity index (χ1) is 7.29. The molecule has 84 valence electrons. The van der Waals surface area contributed by atoms with Gasteiger partial charge in [0.05, 0.1) is 0 Å². The maximum Gasteiger partial charge on any atom is 0.321 e. The number of anilines is 1. The molecule has 1 aliphatic rings. The zero-order chi connectivity index (χ0) is 10.7. The van der Waals surface area contributed by atoms with Crippen LogP contribution >= 0.6 is 0 Å². The lowest BCUT2D eigenvalue weighted by atomic mass is 9.82. The highest BCUT2D eigenvalue weighted by atomic mass is 16.5. The van der Waals surface area contributed by atoms with E-state index in [-0.39, 0.29) is 0 Å². The van der Waals surface area contributed by atoms with Gasteiger partial charge in [0.25, 0.3) is 0 Å². The third kappa shape index (κ3) is 2.49. The van der Waals surface area contributed by atoms with Crippen molar-refractivity contribution in [1.82, 2.24) is 10.1 Å². The van der Waals surface area contributed by atoms with Crippen LogP contribution in [0.15, 0.2) is 4.52 Å². The van der Waals surface area contributed by atoms with Gasteiger partial charge in [0.2, 0.25) is 0 Å². The van der Waals surface area contributed by atoms with Gasteiger partial charge in [0.1, 0.15) is 0 Å². The summed E-state index contributed by atoms with van der Waals surface area (Å²) in [5.41, 5.74) is 0. The molecular formula is C11H19N3O. The normalized spacial score (nSPS) is 26.5. The second-order valence-corrected chi connectivity index (χ2v) is 4.46. The quantitative estimate of drug-likeness (QED) is 0.831. The molecule has 4 heteroatoms. The summed E-state index contributed by atoms with van der Waals surface area (Å²) in [4.78, 5) is 4.37. The smallest absolute Gasteiger partial charge is 0.321 e. The summed E-state index contributed by atoms with van der Waals surface area (Å²) >= 11 is 0. The largest absolute Gasteiger partial charge is 0.338 e. The Hall–Kier alpha value is -1.06. The zero-order valence-corrected chi connectivity index (χ0v) is 9.49. The number of rotatable bonds is 3. The summed E-state index contributed by atoms with van der Waals surface area (Å²) in [6, 6.07) is 0.561. The summed E-state index contributed by atoms with van der Waals surface area (Å²) < 4.78 is 5.12. The Bertz CT molecular complexity index is 311. The van der Waals surface area contributed by atoms with Gasteiger partial charge in [0, 0.05) is 12.5 Å². The van der Waals surface area contributed by atoms with E-state index in [0.29, 0.717) is 11.9 Å². The standard InChI is InChI=1S/C11H19N3O/c1-3-12-11-13-10(14-15-11)9-6-4-5-8(2)7-9/h8-9H,3-7H2,1-2H3,(H,12,13,14). The van der Waals surface area contributed by atoms with Crippen molar-refractivity contribution in [2.75, 3.05) is 11.9 Å². The van der Waals surface area contributed by atoms with Crippen molar-refractivity contribution in [3.05, 3.63) is 5.82 Å². The summed E-state index contributed by atoms with van der Waals surface area (Å²) in [5.74, 6) is 2.19. The predicted octanol–water partition coefficient (Wildman–Crippen LogP) is 2.80. The minimum Gasteiger partial charge on any atom is -0.338 e. The van der Waals surface area contributed by atoms with Crippen molar-refractivity contribution < 1.29 is 4.52 Å². The zero-order valence-electron chi connectivity index (χ0n) is 9.49. The van der Waals surface area contributed by atoms with E-state index in [9.17, 15) is 0 Å². The van der Waals surface area contributed by atoms with Gasteiger partial charge in [-0.25, -0.2) is 0 Å². The molecule has 1 N–H and O–H groups in total. The molecule has 1 aliphatic carbocycles. The maximum absolute atomic E-state index is 5.12. The highest BCUT2D eigenvalue weighted by molar-refractivity contribution is 5.18. The minimum absolute atomic E-state index is 0.505. The molecule has 1 aromatic heterocycles. The van der Waals surface area contributed by atoms with Crippen LogP contribution < -0.4 is 5.32 Å². The Morgan fingerprint density at radius 3 is 3.07 bits per heavy atom. The molecule has 0 saturated heterocycles. The molecule has 0 bridgehead atoms. The molecule has 0 aromatic carbocycles. The number of hydrogen-bond acceptors (Lipinski definition) is 4. The van der Waals surface area contributed by atoms with Gasteiger partial charge in [-0.05, 0) is 25.7 Å². The average Bonchev–Trinajstić information content (AvgIpc) is 2.67. The fourth-order valence-corrected chi connectivity index (χ4v) is 2.29. The molecule has 2 rings (SSSR count). The average molecular weight is 209 g/mol. The minimum atomic E-state index is 0.505. The SMILES string of the molecule is CCNc1nc(C2CCCC(C)C2)no1. The van der Waals surface area contributed by atoms with Crippen molar-refractivity contribution in [3.8, 4) is 0 Å². The van der Waals surface area contributed by atoms with Crippen LogP contribution in [0.25, 0.3) is 0 Å². The van der Waals surface area contributed by atoms with Crippen LogP contribution in [0.5, 0.6) is 0 Å². The van der Waals surface area contributed by atoms with E-state index in [0.717, 1.165) is 18.3 Å². The van der Waals surface area contributed by atoms with Crippen molar-refractivity contribution in [3.63, 3.8) is 0 Å². The number of hydrogen-bond donors (Lipinski definition) is 1. The molecule has 15 heavy (non-hydrogen) atoms. The fraction of sp³-hybridized carbons (Fsp3) is 0.818. The molecular weight excluding hydrogens is 190 g/mol. The fourth-order valence-electron chi connectivity index (χ4n) is 2.29. The molecule has 2 unspecified atom stereocenters. The summed E-state index contributed by atoms with van der Waals surface area (Å²) in [5, 5.41) is 7.08. The Labute approximate surface area is 90.4 Å². The summed E-state index contributed by atoms with van der Waals surface area (Å²) in [7, 11) is 0. The molecule has 0 spiro atoms. The lowest BCUT2D eigenvalue weighted by Gasteiger charge is -2.23. The van der Waals surface area contributed by atoms with Gasteiger partial charge in [0.15, 0.2) is 5.82 Å². The Morgan fingerprint density at radius 2 is 2.33 bits per heavy atom. The molecule has 1 fully saturated rings. The first-order valence-corrected chi connectivity index (χ1v) is 5.87. The lowest BCUT2D eigenvalue weighted by Crippen LogP contribution is -2.12. The predicted molar refractivity (Wildman–Crippen MR) is 58.8 cm³/mol. The van der Waals surface area contributed by atoms with E-state index in [2.05, 4.69) is 22.4 Å². The van der Waals surface area contributed by atoms with Crippen molar-refractivity contribution in [2.24, 2.45) is 5.92 Å². The van der Waals surface area contributed by atoms with E-state index in [1.807, 2.05) is 6.92 Å². The van der Waals surface area contributed by atoms with E-state index in [4.69, 9.17) is 4.52 Å². The second-order valence-electron chi connectivity index (χ2n) is 4.46. The van der Waals surface area contributed by atoms with E-state index >= 15 is 0 Å². The van der Waals surface area contributed by atoms with Crippen LogP contribution in [0.1, 0.15) is 51.3 Å². The molecule has 1 saturated carbocycles. The van der Waals surface area contributed by atoms with Gasteiger partial charge in [-0.1, -0.05) is 24.9 Å². The van der Waals surface area contributed by atoms with Crippen LogP contribution in [0.4, 0.5) is 6.01 Å². The van der Waals surface area contributed by atoms with Gasteiger partial charge in [-0.2, -0.15) is 4.98 Å². The van der Waals surface area contributed by atoms with Crippen LogP contribution in [0.2, 0.25) is 0 Å². The van der Waals surface area contributed by atoms with Crippen LogP contribution in [-0.2, 0) is 0 Å². The Balaban J connectivity index is 2.01. The van der Waals surface area contributed by atoms with E-state index < -0.39 is 0 Å². The topological polar surface area (TPSA) is 51.0 Å². The van der Waals surface area contributed by atoms with Crippen LogP contribution in [0.3, 0.4) is 0 Å². The van der Waals surface area contributed by atoms with Crippen LogP contribution in [0, 0.1) is 5.92 Å². The highest BCUT2D eigenvalue weighted by Crippen LogP contribution is 2.34. The third-order valence-electron chi connectivity index (χ3n) is 3.07. The summed E-state index contributed by atoms with van der Waals surface area (Å²) in [6.45, 7) is 5.15. The van der Waals surface area contributed by atoms with E-state index in [1.165, 1.54) is 25.7 Å². The molecule has 0 amide bonds. The van der Waals surface area contributed by atoms with Crippen molar-refractivity contribution in [2.45, 2.75) is 45.4 Å². The Morgan fingerprint density at radius 1 is 1.47 bits per heavy atom. The second kappa shape index (κ2) is 4.64. The third-order valence-corrected chi connectivity index (χ3v) is 3.07. The number of aromatic nitrogens is 2. The molecule has 4 nitrogen and oxygen atoms in total. The van der Waals surface area contributed by atoms with Gasteiger partial charge >= 0.3 is 6.01 Å². The van der Waals surface area contributed by atoms with E-state index in [1.54, 1.807) is 0 Å². The molecule has 0 radical (unpaired) electrons.